The molecule has 0 radical (unpaired) electrons. The van der Waals surface area contributed by atoms with Gasteiger partial charge >= 0.3 is 0 Å². The highest BCUT2D eigenvalue weighted by atomic mass is 35.5. The normalized spacial score (nSPS) is 9.73. The molecule has 0 heterocycles. The second-order valence-electron chi connectivity index (χ2n) is 1.94. The zero-order chi connectivity index (χ0) is 8.43. The van der Waals surface area contributed by atoms with E-state index >= 15 is 0 Å². The van der Waals surface area contributed by atoms with Gasteiger partial charge in [0.15, 0.2) is 11.5 Å². The summed E-state index contributed by atoms with van der Waals surface area (Å²) >= 11 is 5.40. The standard InChI is InChI=1S/C7H6ClFO2/c1-11-7-2-4(8)5(9)3-6(7)10/h2-3,10H,1H3. The van der Waals surface area contributed by atoms with Crippen LogP contribution in [0.3, 0.4) is 0 Å². The molecule has 0 aliphatic heterocycles. The van der Waals surface area contributed by atoms with E-state index in [1.54, 1.807) is 0 Å². The van der Waals surface area contributed by atoms with Crippen molar-refractivity contribution in [3.05, 3.63) is 23.0 Å². The zero-order valence-electron chi connectivity index (χ0n) is 5.77. The lowest BCUT2D eigenvalue weighted by Gasteiger charge is -2.02. The van der Waals surface area contributed by atoms with Crippen molar-refractivity contribution in [2.75, 3.05) is 7.11 Å². The van der Waals surface area contributed by atoms with E-state index in [-0.39, 0.29) is 16.5 Å². The molecule has 0 amide bonds. The van der Waals surface area contributed by atoms with Gasteiger partial charge in [0.2, 0.25) is 0 Å². The summed E-state index contributed by atoms with van der Waals surface area (Å²) in [7, 11) is 1.36. The van der Waals surface area contributed by atoms with E-state index in [0.29, 0.717) is 0 Å². The topological polar surface area (TPSA) is 29.5 Å². The van der Waals surface area contributed by atoms with Crippen LogP contribution in [0.2, 0.25) is 5.02 Å². The molecule has 0 fully saturated rings. The number of halogens is 2. The van der Waals surface area contributed by atoms with Gasteiger partial charge in [0.05, 0.1) is 12.1 Å². The van der Waals surface area contributed by atoms with Crippen LogP contribution in [-0.4, -0.2) is 12.2 Å². The van der Waals surface area contributed by atoms with Gasteiger partial charge in [-0.15, -0.1) is 0 Å². The maximum atomic E-state index is 12.5. The molecule has 2 nitrogen and oxygen atoms in total. The van der Waals surface area contributed by atoms with E-state index in [1.807, 2.05) is 0 Å². The van der Waals surface area contributed by atoms with Crippen molar-refractivity contribution in [3.63, 3.8) is 0 Å². The lowest BCUT2D eigenvalue weighted by Crippen LogP contribution is -1.85. The van der Waals surface area contributed by atoms with Crippen molar-refractivity contribution in [1.29, 1.82) is 0 Å². The van der Waals surface area contributed by atoms with Crippen molar-refractivity contribution in [1.82, 2.24) is 0 Å². The van der Waals surface area contributed by atoms with E-state index in [4.69, 9.17) is 16.7 Å². The third kappa shape index (κ3) is 1.54. The first-order valence-corrected chi connectivity index (χ1v) is 3.25. The summed E-state index contributed by atoms with van der Waals surface area (Å²) in [6, 6.07) is 2.12. The molecule has 0 saturated heterocycles. The van der Waals surface area contributed by atoms with Crippen LogP contribution in [0.5, 0.6) is 11.5 Å². The monoisotopic (exact) mass is 176 g/mol. The maximum absolute atomic E-state index is 12.5. The lowest BCUT2D eigenvalue weighted by atomic mass is 10.3. The third-order valence-electron chi connectivity index (χ3n) is 1.22. The van der Waals surface area contributed by atoms with Crippen LogP contribution in [0, 0.1) is 5.82 Å². The minimum atomic E-state index is -0.662. The predicted molar refractivity (Wildman–Crippen MR) is 39.6 cm³/mol. The van der Waals surface area contributed by atoms with Crippen LogP contribution in [-0.2, 0) is 0 Å². The Kier molecular flexibility index (Phi) is 2.19. The van der Waals surface area contributed by atoms with Gasteiger partial charge in [0, 0.05) is 12.1 Å². The van der Waals surface area contributed by atoms with Gasteiger partial charge in [-0.25, -0.2) is 4.39 Å². The van der Waals surface area contributed by atoms with E-state index in [1.165, 1.54) is 13.2 Å². The van der Waals surface area contributed by atoms with Gasteiger partial charge in [-0.1, -0.05) is 11.6 Å². The second kappa shape index (κ2) is 2.96. The minimum Gasteiger partial charge on any atom is -0.504 e. The largest absolute Gasteiger partial charge is 0.504 e. The molecule has 0 aliphatic rings. The van der Waals surface area contributed by atoms with E-state index in [0.717, 1.165) is 6.07 Å². The Morgan fingerprint density at radius 2 is 2.18 bits per heavy atom. The van der Waals surface area contributed by atoms with Crippen molar-refractivity contribution in [2.24, 2.45) is 0 Å². The quantitative estimate of drug-likeness (QED) is 0.711. The fraction of sp³-hybridized carbons (Fsp3) is 0.143. The van der Waals surface area contributed by atoms with Gasteiger partial charge in [-0.05, 0) is 0 Å². The summed E-state index contributed by atoms with van der Waals surface area (Å²) in [5, 5.41) is 8.92. The maximum Gasteiger partial charge on any atom is 0.162 e. The number of hydrogen-bond donors (Lipinski definition) is 1. The Hall–Kier alpha value is -0.960. The second-order valence-corrected chi connectivity index (χ2v) is 2.35. The van der Waals surface area contributed by atoms with Crippen LogP contribution in [0.4, 0.5) is 4.39 Å². The van der Waals surface area contributed by atoms with Crippen LogP contribution >= 0.6 is 11.6 Å². The molecule has 0 spiro atoms. The average Bonchev–Trinajstić information content (AvgIpc) is 1.97. The molecule has 1 aromatic carbocycles. The molecule has 0 atom stereocenters. The van der Waals surface area contributed by atoms with Gasteiger partial charge < -0.3 is 9.84 Å². The Balaban J connectivity index is 3.21. The average molecular weight is 177 g/mol. The first-order chi connectivity index (χ1) is 5.15. The summed E-state index contributed by atoms with van der Waals surface area (Å²) in [6.45, 7) is 0. The number of phenolic OH excluding ortho intramolecular Hbond substituents is 1. The summed E-state index contributed by atoms with van der Waals surface area (Å²) in [6.07, 6.45) is 0. The van der Waals surface area contributed by atoms with Crippen molar-refractivity contribution in [3.8, 4) is 11.5 Å². The molecular formula is C7H6ClFO2. The molecule has 1 N–H and O–H groups in total. The minimum absolute atomic E-state index is 0.0698. The van der Waals surface area contributed by atoms with Gasteiger partial charge in [0.1, 0.15) is 5.82 Å². The summed E-state index contributed by atoms with van der Waals surface area (Å²) in [5.41, 5.74) is 0. The molecular weight excluding hydrogens is 171 g/mol. The molecule has 0 aromatic heterocycles. The number of methoxy groups -OCH3 is 1. The molecule has 60 valence electrons. The highest BCUT2D eigenvalue weighted by Crippen LogP contribution is 2.30. The van der Waals surface area contributed by atoms with Crippen LogP contribution in [0.15, 0.2) is 12.1 Å². The van der Waals surface area contributed by atoms with E-state index in [9.17, 15) is 4.39 Å². The van der Waals surface area contributed by atoms with Crippen LogP contribution in [0.1, 0.15) is 0 Å². The molecule has 0 saturated carbocycles. The smallest absolute Gasteiger partial charge is 0.162 e. The fourth-order valence-corrected chi connectivity index (χ4v) is 0.835. The first-order valence-electron chi connectivity index (χ1n) is 2.87. The molecule has 1 rings (SSSR count). The predicted octanol–water partition coefficient (Wildman–Crippen LogP) is 2.19. The Morgan fingerprint density at radius 3 is 2.73 bits per heavy atom. The lowest BCUT2D eigenvalue weighted by molar-refractivity contribution is 0.371. The molecule has 4 heteroatoms. The van der Waals surface area contributed by atoms with Crippen LogP contribution in [0.25, 0.3) is 0 Å². The molecule has 0 aliphatic carbocycles. The fourth-order valence-electron chi connectivity index (χ4n) is 0.682. The third-order valence-corrected chi connectivity index (χ3v) is 1.51. The number of hydrogen-bond acceptors (Lipinski definition) is 2. The highest BCUT2D eigenvalue weighted by Gasteiger charge is 2.06. The number of aromatic hydroxyl groups is 1. The van der Waals surface area contributed by atoms with Gasteiger partial charge in [-0.3, -0.25) is 0 Å². The van der Waals surface area contributed by atoms with E-state index < -0.39 is 5.82 Å². The Bertz CT molecular complexity index is 275. The van der Waals surface area contributed by atoms with E-state index in [2.05, 4.69) is 4.74 Å². The Labute approximate surface area is 68.2 Å². The zero-order valence-corrected chi connectivity index (χ0v) is 6.52. The molecule has 1 aromatic rings. The number of ether oxygens (including phenoxy) is 1. The number of benzene rings is 1. The SMILES string of the molecule is COc1cc(Cl)c(F)cc1O. The highest BCUT2D eigenvalue weighted by molar-refractivity contribution is 6.30. The summed E-state index contributed by atoms with van der Waals surface area (Å²) < 4.78 is 17.2. The molecule has 0 unspecified atom stereocenters. The Morgan fingerprint density at radius 1 is 1.55 bits per heavy atom. The summed E-state index contributed by atoms with van der Waals surface area (Å²) in [4.78, 5) is 0. The van der Waals surface area contributed by atoms with Crippen molar-refractivity contribution >= 4 is 11.6 Å². The van der Waals surface area contributed by atoms with Crippen molar-refractivity contribution < 1.29 is 14.2 Å². The molecule has 11 heavy (non-hydrogen) atoms. The number of rotatable bonds is 1. The number of phenols is 1. The first kappa shape index (κ1) is 8.14. The molecule has 0 bridgehead atoms. The van der Waals surface area contributed by atoms with Crippen LogP contribution < -0.4 is 4.74 Å². The van der Waals surface area contributed by atoms with Gasteiger partial charge in [0.25, 0.3) is 0 Å². The van der Waals surface area contributed by atoms with Crippen molar-refractivity contribution in [2.45, 2.75) is 0 Å². The summed E-state index contributed by atoms with van der Waals surface area (Å²) in [5.74, 6) is -0.754. The van der Waals surface area contributed by atoms with Gasteiger partial charge in [-0.2, -0.15) is 0 Å².